The number of amidine groups is 1. The third-order valence-corrected chi connectivity index (χ3v) is 5.56. The van der Waals surface area contributed by atoms with Crippen molar-refractivity contribution >= 4 is 34.6 Å². The zero-order chi connectivity index (χ0) is 20.9. The highest BCUT2D eigenvalue weighted by Crippen LogP contribution is 2.34. The van der Waals surface area contributed by atoms with Crippen LogP contribution in [0.5, 0.6) is 5.75 Å². The first kappa shape index (κ1) is 19.9. The zero-order valence-corrected chi connectivity index (χ0v) is 17.1. The summed E-state index contributed by atoms with van der Waals surface area (Å²) in [6.45, 7) is 0.444. The summed E-state index contributed by atoms with van der Waals surface area (Å²) in [5.74, 6) is 0.239. The summed E-state index contributed by atoms with van der Waals surface area (Å²) in [7, 11) is 1.68. The molecule has 0 radical (unpaired) electrons. The van der Waals surface area contributed by atoms with Crippen molar-refractivity contribution < 1.29 is 13.9 Å². The van der Waals surface area contributed by atoms with Crippen molar-refractivity contribution in [2.24, 2.45) is 4.99 Å². The molecule has 0 aromatic heterocycles. The fourth-order valence-corrected chi connectivity index (χ4v) is 3.86. The number of carbonyl (C=O) groups is 1. The molecular weight excluding hydrogens is 399 g/mol. The highest BCUT2D eigenvalue weighted by atomic mass is 32.2. The second-order valence-corrected chi connectivity index (χ2v) is 7.67. The van der Waals surface area contributed by atoms with Crippen LogP contribution in [0.3, 0.4) is 0 Å². The van der Waals surface area contributed by atoms with E-state index in [0.717, 1.165) is 11.1 Å². The molecule has 1 aliphatic rings. The Balaban J connectivity index is 1.56. The number of likely N-dealkylation sites (N-methyl/N-ethyl adjacent to an activating group) is 1. The Morgan fingerprint density at radius 1 is 1.00 bits per heavy atom. The van der Waals surface area contributed by atoms with Crippen LogP contribution in [0, 0.1) is 5.82 Å². The van der Waals surface area contributed by atoms with E-state index in [4.69, 9.17) is 4.74 Å². The lowest BCUT2D eigenvalue weighted by Crippen LogP contribution is -2.23. The summed E-state index contributed by atoms with van der Waals surface area (Å²) in [4.78, 5) is 19.2. The third kappa shape index (κ3) is 4.60. The van der Waals surface area contributed by atoms with Gasteiger partial charge in [-0.25, -0.2) is 9.38 Å². The monoisotopic (exact) mass is 418 g/mol. The van der Waals surface area contributed by atoms with E-state index in [9.17, 15) is 9.18 Å². The quantitative estimate of drug-likeness (QED) is 0.504. The van der Waals surface area contributed by atoms with E-state index in [1.165, 1.54) is 28.8 Å². The zero-order valence-electron chi connectivity index (χ0n) is 16.3. The maximum absolute atomic E-state index is 13.1. The molecule has 1 amide bonds. The first-order chi connectivity index (χ1) is 14.6. The van der Waals surface area contributed by atoms with Crippen molar-refractivity contribution in [3.8, 4) is 5.75 Å². The standard InChI is InChI=1S/C24H19FN2O2S/c1-27-23(28)22(30-24(27)26-20-13-11-19(25)12-14-20)15-18-9-5-6-10-21(18)29-16-17-7-3-2-4-8-17/h2-15H,16H2,1H3/b22-15+,26-24?. The number of para-hydroxylation sites is 1. The largest absolute Gasteiger partial charge is 0.488 e. The van der Waals surface area contributed by atoms with E-state index in [1.54, 1.807) is 19.2 Å². The molecule has 1 aliphatic heterocycles. The molecule has 1 saturated heterocycles. The minimum absolute atomic E-state index is 0.140. The number of rotatable bonds is 5. The van der Waals surface area contributed by atoms with Crippen LogP contribution >= 0.6 is 11.8 Å². The highest BCUT2D eigenvalue weighted by Gasteiger charge is 2.30. The molecule has 3 aromatic rings. The van der Waals surface area contributed by atoms with E-state index in [1.807, 2.05) is 60.7 Å². The van der Waals surface area contributed by atoms with Gasteiger partial charge in [0.15, 0.2) is 5.17 Å². The molecule has 0 aliphatic carbocycles. The molecule has 0 unspecified atom stereocenters. The maximum Gasteiger partial charge on any atom is 0.266 e. The third-order valence-electron chi connectivity index (χ3n) is 4.50. The molecule has 4 nitrogen and oxygen atoms in total. The number of ether oxygens (including phenoxy) is 1. The molecule has 3 aromatic carbocycles. The molecule has 0 saturated carbocycles. The smallest absolute Gasteiger partial charge is 0.266 e. The van der Waals surface area contributed by atoms with Gasteiger partial charge in [-0.05, 0) is 53.7 Å². The molecule has 4 rings (SSSR count). The number of halogens is 1. The lowest BCUT2D eigenvalue weighted by Gasteiger charge is -2.09. The van der Waals surface area contributed by atoms with Gasteiger partial charge in [0.1, 0.15) is 18.2 Å². The molecular formula is C24H19FN2O2S. The average Bonchev–Trinajstić information content (AvgIpc) is 3.03. The van der Waals surface area contributed by atoms with Gasteiger partial charge in [-0.3, -0.25) is 9.69 Å². The first-order valence-electron chi connectivity index (χ1n) is 9.38. The van der Waals surface area contributed by atoms with Gasteiger partial charge >= 0.3 is 0 Å². The van der Waals surface area contributed by atoms with E-state index < -0.39 is 0 Å². The molecule has 1 heterocycles. The predicted molar refractivity (Wildman–Crippen MR) is 119 cm³/mol. The van der Waals surface area contributed by atoms with Gasteiger partial charge in [-0.1, -0.05) is 48.5 Å². The highest BCUT2D eigenvalue weighted by molar-refractivity contribution is 8.18. The summed E-state index contributed by atoms with van der Waals surface area (Å²) >= 11 is 1.28. The van der Waals surface area contributed by atoms with Crippen molar-refractivity contribution in [2.45, 2.75) is 6.61 Å². The van der Waals surface area contributed by atoms with Crippen LogP contribution in [0.1, 0.15) is 11.1 Å². The number of thioether (sulfide) groups is 1. The van der Waals surface area contributed by atoms with Crippen molar-refractivity contribution in [3.63, 3.8) is 0 Å². The molecule has 0 atom stereocenters. The molecule has 6 heteroatoms. The number of nitrogens with zero attached hydrogens (tertiary/aromatic N) is 2. The summed E-state index contributed by atoms with van der Waals surface area (Å²) in [6, 6.07) is 23.4. The summed E-state index contributed by atoms with van der Waals surface area (Å²) in [6.07, 6.45) is 1.82. The van der Waals surface area contributed by atoms with Crippen molar-refractivity contribution in [2.75, 3.05) is 7.05 Å². The van der Waals surface area contributed by atoms with E-state index in [-0.39, 0.29) is 11.7 Å². The van der Waals surface area contributed by atoms with Crippen LogP contribution in [-0.4, -0.2) is 23.0 Å². The summed E-state index contributed by atoms with van der Waals surface area (Å²) in [5, 5.41) is 0.542. The fourth-order valence-electron chi connectivity index (χ4n) is 2.89. The number of benzene rings is 3. The van der Waals surface area contributed by atoms with Gasteiger partial charge < -0.3 is 4.74 Å². The van der Waals surface area contributed by atoms with Crippen LogP contribution in [0.2, 0.25) is 0 Å². The van der Waals surface area contributed by atoms with Crippen LogP contribution in [0.25, 0.3) is 6.08 Å². The van der Waals surface area contributed by atoms with Crippen molar-refractivity contribution in [3.05, 3.63) is 101 Å². The Hall–Kier alpha value is -3.38. The normalized spacial score (nSPS) is 16.5. The van der Waals surface area contributed by atoms with Gasteiger partial charge in [-0.15, -0.1) is 0 Å². The Bertz CT molecular complexity index is 1110. The second-order valence-electron chi connectivity index (χ2n) is 6.66. The van der Waals surface area contributed by atoms with E-state index >= 15 is 0 Å². The van der Waals surface area contributed by atoms with Gasteiger partial charge in [0.25, 0.3) is 5.91 Å². The lowest BCUT2D eigenvalue weighted by atomic mass is 10.2. The Morgan fingerprint density at radius 3 is 2.47 bits per heavy atom. The minimum Gasteiger partial charge on any atom is -0.488 e. The SMILES string of the molecule is CN1C(=O)/C(=C\c2ccccc2OCc2ccccc2)SC1=Nc1ccc(F)cc1. The fraction of sp³-hybridized carbons (Fsp3) is 0.0833. The molecule has 0 spiro atoms. The van der Waals surface area contributed by atoms with E-state index in [2.05, 4.69) is 4.99 Å². The molecule has 150 valence electrons. The maximum atomic E-state index is 13.1. The number of aliphatic imine (C=N–C) groups is 1. The number of hydrogen-bond acceptors (Lipinski definition) is 4. The van der Waals surface area contributed by atoms with Crippen LogP contribution in [0.4, 0.5) is 10.1 Å². The van der Waals surface area contributed by atoms with Crippen molar-refractivity contribution in [1.29, 1.82) is 0 Å². The molecule has 1 fully saturated rings. The Labute approximate surface area is 178 Å². The van der Waals surface area contributed by atoms with Gasteiger partial charge in [0.2, 0.25) is 0 Å². The second kappa shape index (κ2) is 8.97. The molecule has 0 bridgehead atoms. The van der Waals surface area contributed by atoms with Crippen LogP contribution < -0.4 is 4.74 Å². The molecule has 0 N–H and O–H groups in total. The number of amides is 1. The van der Waals surface area contributed by atoms with Gasteiger partial charge in [-0.2, -0.15) is 0 Å². The lowest BCUT2D eigenvalue weighted by molar-refractivity contribution is -0.121. The van der Waals surface area contributed by atoms with Crippen LogP contribution in [0.15, 0.2) is 88.8 Å². The summed E-state index contributed by atoms with van der Waals surface area (Å²) in [5.41, 5.74) is 2.48. The predicted octanol–water partition coefficient (Wildman–Crippen LogP) is 5.64. The topological polar surface area (TPSA) is 41.9 Å². The first-order valence-corrected chi connectivity index (χ1v) is 10.2. The van der Waals surface area contributed by atoms with E-state index in [0.29, 0.717) is 28.1 Å². The average molecular weight is 418 g/mol. The molecule has 30 heavy (non-hydrogen) atoms. The van der Waals surface area contributed by atoms with Gasteiger partial charge in [0.05, 0.1) is 10.6 Å². The number of hydrogen-bond donors (Lipinski definition) is 0. The summed E-state index contributed by atoms with van der Waals surface area (Å²) < 4.78 is 19.1. The number of carbonyl (C=O) groups excluding carboxylic acids is 1. The van der Waals surface area contributed by atoms with Crippen LogP contribution in [-0.2, 0) is 11.4 Å². The van der Waals surface area contributed by atoms with Gasteiger partial charge in [0, 0.05) is 12.6 Å². The van der Waals surface area contributed by atoms with Crippen molar-refractivity contribution in [1.82, 2.24) is 4.90 Å². The Morgan fingerprint density at radius 2 is 1.70 bits per heavy atom. The Kier molecular flexibility index (Phi) is 5.95. The minimum atomic E-state index is -0.324.